The van der Waals surface area contributed by atoms with Gasteiger partial charge >= 0.3 is 17.8 Å². The van der Waals surface area contributed by atoms with E-state index in [9.17, 15) is 19.2 Å². The van der Waals surface area contributed by atoms with E-state index in [2.05, 4.69) is 21.2 Å². The number of fused-ring (bicyclic) bond motifs is 1. The van der Waals surface area contributed by atoms with Crippen molar-refractivity contribution in [2.24, 2.45) is 5.10 Å². The molecule has 9 nitrogen and oxygen atoms in total. The Hall–Kier alpha value is -6.09. The molecule has 0 radical (unpaired) electrons. The van der Waals surface area contributed by atoms with E-state index in [0.29, 0.717) is 16.8 Å². The zero-order chi connectivity index (χ0) is 30.2. The van der Waals surface area contributed by atoms with Gasteiger partial charge in [0.05, 0.1) is 23.0 Å². The summed E-state index contributed by atoms with van der Waals surface area (Å²) in [5.74, 6) is -2.87. The Labute approximate surface area is 247 Å². The fraction of sp³-hybridized carbons (Fsp3) is 0.0294. The van der Waals surface area contributed by atoms with Crippen molar-refractivity contribution in [3.8, 4) is 5.75 Å². The van der Waals surface area contributed by atoms with E-state index in [1.807, 2.05) is 43.3 Å². The smallest absolute Gasteiger partial charge is 0.343 e. The van der Waals surface area contributed by atoms with Crippen LogP contribution in [0, 0.1) is 6.92 Å². The van der Waals surface area contributed by atoms with Gasteiger partial charge in [-0.2, -0.15) is 5.10 Å². The Bertz CT molecular complexity index is 1850. The number of carbonyl (C=O) groups is 4. The van der Waals surface area contributed by atoms with Crippen molar-refractivity contribution >= 4 is 52.1 Å². The Morgan fingerprint density at radius 2 is 1.40 bits per heavy atom. The molecule has 0 atom stereocenters. The first-order valence-electron chi connectivity index (χ1n) is 13.3. The van der Waals surface area contributed by atoms with Gasteiger partial charge in [-0.25, -0.2) is 10.2 Å². The van der Waals surface area contributed by atoms with Gasteiger partial charge in [-0.1, -0.05) is 78.4 Å². The van der Waals surface area contributed by atoms with Crippen LogP contribution in [0.2, 0.25) is 0 Å². The summed E-state index contributed by atoms with van der Waals surface area (Å²) in [5, 5.41) is 10.8. The van der Waals surface area contributed by atoms with E-state index in [1.165, 1.54) is 18.3 Å². The molecule has 0 aliphatic carbocycles. The molecule has 3 amide bonds. The van der Waals surface area contributed by atoms with Crippen LogP contribution in [0.1, 0.15) is 31.8 Å². The van der Waals surface area contributed by atoms with Gasteiger partial charge < -0.3 is 15.4 Å². The maximum atomic E-state index is 12.9. The molecule has 9 heteroatoms. The third-order valence-corrected chi connectivity index (χ3v) is 6.44. The van der Waals surface area contributed by atoms with Crippen molar-refractivity contribution in [1.82, 2.24) is 5.43 Å². The van der Waals surface area contributed by atoms with Crippen molar-refractivity contribution < 1.29 is 23.9 Å². The van der Waals surface area contributed by atoms with E-state index in [4.69, 9.17) is 4.74 Å². The number of hydrazone groups is 1. The average molecular weight is 571 g/mol. The number of hydrogen-bond donors (Lipinski definition) is 3. The molecule has 0 heterocycles. The standard InChI is InChI=1S/C34H26N4O5/c1-22-15-18-25(19-16-22)36-31(39)27-13-7-8-14-29(27)37-32(40)33(41)38-35-21-28-26-12-6-5-9-23(26)17-20-30(28)43-34(42)24-10-3-2-4-11-24/h2-21H,1H3,(H,36,39)(H,37,40)(H,38,41)/b35-21+. The second-order valence-corrected chi connectivity index (χ2v) is 9.47. The van der Waals surface area contributed by atoms with Crippen LogP contribution < -0.4 is 20.8 Å². The van der Waals surface area contributed by atoms with Crippen LogP contribution in [0.4, 0.5) is 11.4 Å². The average Bonchev–Trinajstić information content (AvgIpc) is 3.03. The highest BCUT2D eigenvalue weighted by atomic mass is 16.5. The Morgan fingerprint density at radius 1 is 0.698 bits per heavy atom. The minimum Gasteiger partial charge on any atom is -0.422 e. The third kappa shape index (κ3) is 6.98. The molecule has 0 spiro atoms. The van der Waals surface area contributed by atoms with Crippen LogP contribution in [0.5, 0.6) is 5.75 Å². The monoisotopic (exact) mass is 570 g/mol. The largest absolute Gasteiger partial charge is 0.422 e. The Morgan fingerprint density at radius 3 is 2.19 bits per heavy atom. The number of ether oxygens (including phenoxy) is 1. The number of para-hydroxylation sites is 1. The first-order valence-corrected chi connectivity index (χ1v) is 13.3. The molecular formula is C34H26N4O5. The highest BCUT2D eigenvalue weighted by Crippen LogP contribution is 2.27. The number of esters is 1. The van der Waals surface area contributed by atoms with Gasteiger partial charge in [-0.15, -0.1) is 0 Å². The van der Waals surface area contributed by atoms with Gasteiger partial charge in [0.2, 0.25) is 0 Å². The zero-order valence-electron chi connectivity index (χ0n) is 23.0. The van der Waals surface area contributed by atoms with Crippen molar-refractivity contribution in [3.63, 3.8) is 0 Å². The number of nitrogens with one attached hydrogen (secondary N) is 3. The molecule has 0 fully saturated rings. The molecule has 0 saturated carbocycles. The predicted molar refractivity (Wildman–Crippen MR) is 165 cm³/mol. The van der Waals surface area contributed by atoms with Crippen molar-refractivity contribution in [3.05, 3.63) is 138 Å². The summed E-state index contributed by atoms with van der Waals surface area (Å²) in [4.78, 5) is 50.9. The van der Waals surface area contributed by atoms with Crippen LogP contribution in [-0.2, 0) is 9.59 Å². The van der Waals surface area contributed by atoms with Crippen LogP contribution in [0.3, 0.4) is 0 Å². The molecule has 5 aromatic carbocycles. The minimum absolute atomic E-state index is 0.153. The molecule has 43 heavy (non-hydrogen) atoms. The molecule has 5 rings (SSSR count). The number of carbonyl (C=O) groups excluding carboxylic acids is 4. The molecule has 3 N–H and O–H groups in total. The lowest BCUT2D eigenvalue weighted by atomic mass is 10.0. The lowest BCUT2D eigenvalue weighted by Gasteiger charge is -2.11. The second-order valence-electron chi connectivity index (χ2n) is 9.47. The summed E-state index contributed by atoms with van der Waals surface area (Å²) in [6, 6.07) is 33.0. The van der Waals surface area contributed by atoms with Crippen LogP contribution >= 0.6 is 0 Å². The summed E-state index contributed by atoms with van der Waals surface area (Å²) < 4.78 is 5.65. The van der Waals surface area contributed by atoms with E-state index < -0.39 is 23.7 Å². The van der Waals surface area contributed by atoms with Gasteiger partial charge in [0, 0.05) is 11.3 Å². The Balaban J connectivity index is 1.29. The van der Waals surface area contributed by atoms with E-state index in [0.717, 1.165) is 16.3 Å². The number of benzene rings is 5. The number of nitrogens with zero attached hydrogens (tertiary/aromatic N) is 1. The highest BCUT2D eigenvalue weighted by molar-refractivity contribution is 6.40. The lowest BCUT2D eigenvalue weighted by molar-refractivity contribution is -0.136. The quantitative estimate of drug-likeness (QED) is 0.0760. The molecular weight excluding hydrogens is 544 g/mol. The molecule has 0 aliphatic rings. The van der Waals surface area contributed by atoms with Crippen LogP contribution in [-0.4, -0.2) is 29.9 Å². The molecule has 0 bridgehead atoms. The maximum absolute atomic E-state index is 12.9. The highest BCUT2D eigenvalue weighted by Gasteiger charge is 2.18. The molecule has 0 aliphatic heterocycles. The zero-order valence-corrected chi connectivity index (χ0v) is 23.0. The third-order valence-electron chi connectivity index (χ3n) is 6.44. The van der Waals surface area contributed by atoms with E-state index >= 15 is 0 Å². The number of aryl methyl sites for hydroxylation is 1. The summed E-state index contributed by atoms with van der Waals surface area (Å²) in [5.41, 5.74) is 4.96. The molecule has 0 unspecified atom stereocenters. The van der Waals surface area contributed by atoms with Gasteiger partial charge in [0.15, 0.2) is 0 Å². The normalized spacial score (nSPS) is 10.7. The number of rotatable bonds is 7. The van der Waals surface area contributed by atoms with Gasteiger partial charge in [0.25, 0.3) is 5.91 Å². The summed E-state index contributed by atoms with van der Waals surface area (Å²) >= 11 is 0. The maximum Gasteiger partial charge on any atom is 0.343 e. The first kappa shape index (κ1) is 28.4. The van der Waals surface area contributed by atoms with Gasteiger partial charge in [-0.3, -0.25) is 14.4 Å². The van der Waals surface area contributed by atoms with Crippen molar-refractivity contribution in [2.45, 2.75) is 6.92 Å². The second kappa shape index (κ2) is 13.0. The molecule has 0 aromatic heterocycles. The topological polar surface area (TPSA) is 126 Å². The van der Waals surface area contributed by atoms with Gasteiger partial charge in [0.1, 0.15) is 5.75 Å². The van der Waals surface area contributed by atoms with Crippen LogP contribution in [0.25, 0.3) is 10.8 Å². The fourth-order valence-corrected chi connectivity index (χ4v) is 4.24. The van der Waals surface area contributed by atoms with Crippen molar-refractivity contribution in [1.29, 1.82) is 0 Å². The summed E-state index contributed by atoms with van der Waals surface area (Å²) in [6.07, 6.45) is 1.31. The van der Waals surface area contributed by atoms with E-state index in [-0.39, 0.29) is 17.0 Å². The number of amides is 3. The summed E-state index contributed by atoms with van der Waals surface area (Å²) in [7, 11) is 0. The minimum atomic E-state index is -1.06. The number of hydrogen-bond acceptors (Lipinski definition) is 6. The Kier molecular flexibility index (Phi) is 8.63. The fourth-order valence-electron chi connectivity index (χ4n) is 4.24. The van der Waals surface area contributed by atoms with Crippen LogP contribution in [0.15, 0.2) is 120 Å². The predicted octanol–water partition coefficient (Wildman–Crippen LogP) is 5.71. The molecule has 5 aromatic rings. The van der Waals surface area contributed by atoms with E-state index in [1.54, 1.807) is 66.7 Å². The van der Waals surface area contributed by atoms with Gasteiger partial charge in [-0.05, 0) is 60.2 Å². The summed E-state index contributed by atoms with van der Waals surface area (Å²) in [6.45, 7) is 1.94. The van der Waals surface area contributed by atoms with Crippen molar-refractivity contribution in [2.75, 3.05) is 10.6 Å². The first-order chi connectivity index (χ1) is 20.9. The number of anilines is 2. The lowest BCUT2D eigenvalue weighted by Crippen LogP contribution is -2.33. The molecule has 212 valence electrons. The molecule has 0 saturated heterocycles. The SMILES string of the molecule is Cc1ccc(NC(=O)c2ccccc2NC(=O)C(=O)N/N=C/c2c(OC(=O)c3ccccc3)ccc3ccccc23)cc1.